The summed E-state index contributed by atoms with van der Waals surface area (Å²) in [7, 11) is 4.83. The van der Waals surface area contributed by atoms with E-state index in [9.17, 15) is 9.90 Å². The third kappa shape index (κ3) is 5.46. The lowest BCUT2D eigenvalue weighted by atomic mass is 10.1. The highest BCUT2D eigenvalue weighted by molar-refractivity contribution is 7.09. The number of aryl methyl sites for hydroxylation is 1. The summed E-state index contributed by atoms with van der Waals surface area (Å²) in [6, 6.07) is 14.8. The second-order valence-electron chi connectivity index (χ2n) is 8.02. The van der Waals surface area contributed by atoms with Gasteiger partial charge in [-0.3, -0.25) is 0 Å². The van der Waals surface area contributed by atoms with Crippen LogP contribution < -0.4 is 18.9 Å². The van der Waals surface area contributed by atoms with E-state index in [1.165, 1.54) is 11.3 Å². The van der Waals surface area contributed by atoms with Crippen LogP contribution in [0, 0.1) is 6.92 Å². The maximum atomic E-state index is 11.9. The summed E-state index contributed by atoms with van der Waals surface area (Å²) in [6.07, 6.45) is 0.680. The Labute approximate surface area is 213 Å². The number of benzene rings is 2. The lowest BCUT2D eigenvalue weighted by molar-refractivity contribution is 0.0696. The summed E-state index contributed by atoms with van der Waals surface area (Å²) in [5, 5.41) is 12.4. The second kappa shape index (κ2) is 11.2. The molecule has 0 bridgehead atoms. The zero-order chi connectivity index (χ0) is 25.7. The van der Waals surface area contributed by atoms with E-state index in [0.29, 0.717) is 36.8 Å². The van der Waals surface area contributed by atoms with E-state index >= 15 is 0 Å². The number of nitrogens with zero attached hydrogens (tertiary/aromatic N) is 2. The topological polar surface area (TPSA) is 92.0 Å². The number of hydrogen-bond donors (Lipinski definition) is 1. The molecular weight excluding hydrogens is 480 g/mol. The Kier molecular flexibility index (Phi) is 7.80. The Balaban J connectivity index is 1.54. The predicted molar refractivity (Wildman–Crippen MR) is 138 cm³/mol. The number of hydrogen-bond acceptors (Lipinski definition) is 7. The quantitative estimate of drug-likeness (QED) is 0.287. The molecule has 0 radical (unpaired) electrons. The lowest BCUT2D eigenvalue weighted by Crippen LogP contribution is -2.07. The largest absolute Gasteiger partial charge is 0.497 e. The van der Waals surface area contributed by atoms with E-state index in [2.05, 4.69) is 0 Å². The fourth-order valence-electron chi connectivity index (χ4n) is 3.95. The van der Waals surface area contributed by atoms with Gasteiger partial charge in [0.15, 0.2) is 11.5 Å². The Morgan fingerprint density at radius 2 is 1.69 bits per heavy atom. The first-order valence-electron chi connectivity index (χ1n) is 11.3. The zero-order valence-electron chi connectivity index (χ0n) is 20.6. The Morgan fingerprint density at radius 1 is 0.972 bits per heavy atom. The number of carboxylic acids is 1. The van der Waals surface area contributed by atoms with E-state index < -0.39 is 5.97 Å². The molecule has 2 aromatic heterocycles. The fourth-order valence-corrected chi connectivity index (χ4v) is 4.65. The van der Waals surface area contributed by atoms with Crippen molar-refractivity contribution in [2.45, 2.75) is 26.5 Å². The van der Waals surface area contributed by atoms with Crippen molar-refractivity contribution < 1.29 is 28.8 Å². The van der Waals surface area contributed by atoms with Crippen LogP contribution in [0.4, 0.5) is 0 Å². The first kappa shape index (κ1) is 25.1. The average molecular weight is 509 g/mol. The number of carboxylic acid groups (broad SMARTS) is 1. The van der Waals surface area contributed by atoms with E-state index in [4.69, 9.17) is 23.9 Å². The molecule has 0 fully saturated rings. The minimum Gasteiger partial charge on any atom is -0.497 e. The molecule has 0 aliphatic rings. The highest BCUT2D eigenvalue weighted by atomic mass is 32.1. The van der Waals surface area contributed by atoms with Crippen molar-refractivity contribution in [3.05, 3.63) is 75.7 Å². The molecule has 0 atom stereocenters. The van der Waals surface area contributed by atoms with E-state index in [-0.39, 0.29) is 5.56 Å². The zero-order valence-corrected chi connectivity index (χ0v) is 21.4. The molecule has 0 saturated heterocycles. The number of rotatable bonds is 11. The molecular formula is C27H28N2O6S. The molecule has 0 spiro atoms. The maximum absolute atomic E-state index is 11.9. The van der Waals surface area contributed by atoms with Gasteiger partial charge in [-0.25, -0.2) is 9.78 Å². The number of aromatic nitrogens is 2. The van der Waals surface area contributed by atoms with Gasteiger partial charge in [-0.15, -0.1) is 11.3 Å². The monoisotopic (exact) mass is 508 g/mol. The molecule has 0 unspecified atom stereocenters. The average Bonchev–Trinajstić information content (AvgIpc) is 3.50. The van der Waals surface area contributed by atoms with Crippen LogP contribution in [0.5, 0.6) is 23.0 Å². The standard InChI is InChI=1S/C27H28N2O6S/c1-17-21(27(30)31)14-23(29(17)12-11-18-5-10-24(33-3)25(13-18)34-4)22-16-36-26(28-22)15-35-20-8-6-19(32-2)7-9-20/h5-10,13-14,16H,11-12,15H2,1-4H3,(H,30,31). The van der Waals surface area contributed by atoms with E-state index in [0.717, 1.165) is 33.5 Å². The van der Waals surface area contributed by atoms with Crippen molar-refractivity contribution in [2.24, 2.45) is 0 Å². The summed E-state index contributed by atoms with van der Waals surface area (Å²) >= 11 is 1.48. The number of carbonyl (C=O) groups is 1. The van der Waals surface area contributed by atoms with Crippen LogP contribution in [-0.2, 0) is 19.6 Å². The van der Waals surface area contributed by atoms with Crippen molar-refractivity contribution in [1.82, 2.24) is 9.55 Å². The number of methoxy groups -OCH3 is 3. The molecule has 1 N–H and O–H groups in total. The molecule has 2 aromatic carbocycles. The van der Waals surface area contributed by atoms with Crippen molar-refractivity contribution in [1.29, 1.82) is 0 Å². The lowest BCUT2D eigenvalue weighted by Gasteiger charge is -2.13. The van der Waals surface area contributed by atoms with Crippen molar-refractivity contribution in [3.8, 4) is 34.4 Å². The smallest absolute Gasteiger partial charge is 0.337 e. The van der Waals surface area contributed by atoms with Gasteiger partial charge in [0.05, 0.1) is 38.3 Å². The maximum Gasteiger partial charge on any atom is 0.337 e. The molecule has 0 aliphatic heterocycles. The molecule has 4 aromatic rings. The number of aromatic carboxylic acids is 1. The summed E-state index contributed by atoms with van der Waals surface area (Å²) in [5.41, 5.74) is 3.48. The third-order valence-electron chi connectivity index (χ3n) is 5.90. The van der Waals surface area contributed by atoms with Crippen molar-refractivity contribution in [2.75, 3.05) is 21.3 Å². The molecule has 8 nitrogen and oxygen atoms in total. The first-order valence-corrected chi connectivity index (χ1v) is 12.2. The van der Waals surface area contributed by atoms with Crippen LogP contribution in [-0.4, -0.2) is 42.0 Å². The molecule has 2 heterocycles. The first-order chi connectivity index (χ1) is 17.4. The van der Waals surface area contributed by atoms with Gasteiger partial charge in [0.1, 0.15) is 23.1 Å². The van der Waals surface area contributed by atoms with Crippen LogP contribution in [0.3, 0.4) is 0 Å². The van der Waals surface area contributed by atoms with Gasteiger partial charge >= 0.3 is 5.97 Å². The van der Waals surface area contributed by atoms with Crippen LogP contribution in [0.1, 0.15) is 26.6 Å². The van der Waals surface area contributed by atoms with Gasteiger partial charge in [0.25, 0.3) is 0 Å². The molecule has 4 rings (SSSR count). The van der Waals surface area contributed by atoms with Gasteiger partial charge in [0.2, 0.25) is 0 Å². The van der Waals surface area contributed by atoms with Gasteiger partial charge in [-0.1, -0.05) is 6.07 Å². The van der Waals surface area contributed by atoms with Gasteiger partial charge in [-0.05, 0) is 61.4 Å². The van der Waals surface area contributed by atoms with Gasteiger partial charge in [-0.2, -0.15) is 0 Å². The summed E-state index contributed by atoms with van der Waals surface area (Å²) < 4.78 is 23.8. The Hall–Kier alpha value is -3.98. The summed E-state index contributed by atoms with van der Waals surface area (Å²) in [6.45, 7) is 2.72. The highest BCUT2D eigenvalue weighted by Gasteiger charge is 2.20. The Morgan fingerprint density at radius 3 is 2.36 bits per heavy atom. The third-order valence-corrected chi connectivity index (χ3v) is 6.73. The molecule has 0 aliphatic carbocycles. The molecule has 9 heteroatoms. The van der Waals surface area contributed by atoms with Crippen LogP contribution in [0.15, 0.2) is 53.9 Å². The summed E-state index contributed by atoms with van der Waals surface area (Å²) in [5.74, 6) is 1.84. The highest BCUT2D eigenvalue weighted by Crippen LogP contribution is 2.30. The van der Waals surface area contributed by atoms with Crippen LogP contribution >= 0.6 is 11.3 Å². The second-order valence-corrected chi connectivity index (χ2v) is 8.96. The van der Waals surface area contributed by atoms with E-state index in [1.54, 1.807) is 27.4 Å². The number of thiazole rings is 1. The molecule has 36 heavy (non-hydrogen) atoms. The molecule has 0 saturated carbocycles. The van der Waals surface area contributed by atoms with Gasteiger partial charge < -0.3 is 28.6 Å². The minimum atomic E-state index is -0.961. The predicted octanol–water partition coefficient (Wildman–Crippen LogP) is 5.47. The Bertz CT molecular complexity index is 1340. The summed E-state index contributed by atoms with van der Waals surface area (Å²) in [4.78, 5) is 16.6. The van der Waals surface area contributed by atoms with Crippen molar-refractivity contribution in [3.63, 3.8) is 0 Å². The van der Waals surface area contributed by atoms with Gasteiger partial charge in [0, 0.05) is 17.6 Å². The van der Waals surface area contributed by atoms with Crippen LogP contribution in [0.25, 0.3) is 11.4 Å². The van der Waals surface area contributed by atoms with Crippen molar-refractivity contribution >= 4 is 17.3 Å². The molecule has 188 valence electrons. The normalized spacial score (nSPS) is 10.8. The molecule has 0 amide bonds. The minimum absolute atomic E-state index is 0.265. The van der Waals surface area contributed by atoms with E-state index in [1.807, 2.05) is 59.3 Å². The SMILES string of the molecule is COc1ccc(OCc2nc(-c3cc(C(=O)O)c(C)n3CCc3ccc(OC)c(OC)c3)cs2)cc1. The number of ether oxygens (including phenoxy) is 4. The van der Waals surface area contributed by atoms with Crippen LogP contribution in [0.2, 0.25) is 0 Å². The fraction of sp³-hybridized carbons (Fsp3) is 0.259.